The number of carbonyl (C=O) groups is 1. The van der Waals surface area contributed by atoms with Crippen molar-refractivity contribution in [3.05, 3.63) is 29.8 Å². The van der Waals surface area contributed by atoms with E-state index in [1.54, 1.807) is 0 Å². The molecule has 5 nitrogen and oxygen atoms in total. The van der Waals surface area contributed by atoms with Gasteiger partial charge < -0.3 is 9.80 Å². The molecule has 0 aliphatic carbocycles. The first kappa shape index (κ1) is 14.5. The van der Waals surface area contributed by atoms with Gasteiger partial charge in [0, 0.05) is 57.0 Å². The molecule has 1 fully saturated rings. The van der Waals surface area contributed by atoms with Crippen molar-refractivity contribution in [1.29, 1.82) is 0 Å². The van der Waals surface area contributed by atoms with E-state index in [1.807, 2.05) is 43.3 Å². The zero-order valence-electron chi connectivity index (χ0n) is 12.4. The van der Waals surface area contributed by atoms with Gasteiger partial charge in [0.15, 0.2) is 0 Å². The quantitative estimate of drug-likeness (QED) is 0.851. The lowest BCUT2D eigenvalue weighted by atomic mass is 10.1. The molecule has 1 heterocycles. The lowest BCUT2D eigenvalue weighted by molar-refractivity contribution is 0.0954. The topological polar surface area (TPSA) is 47.9 Å². The molecule has 0 radical (unpaired) electrons. The number of benzene rings is 1. The summed E-state index contributed by atoms with van der Waals surface area (Å²) in [5.74, 6) is -0.151. The molecule has 1 aromatic rings. The Bertz CT molecular complexity index is 483. The number of anilines is 1. The van der Waals surface area contributed by atoms with Crippen molar-refractivity contribution < 1.29 is 4.79 Å². The normalized spacial score (nSPS) is 15.8. The van der Waals surface area contributed by atoms with Crippen LogP contribution in [0.4, 0.5) is 5.69 Å². The number of hydrogen-bond donors (Lipinski definition) is 1. The number of hydrazone groups is 1. The van der Waals surface area contributed by atoms with Gasteiger partial charge in [-0.1, -0.05) is 0 Å². The van der Waals surface area contributed by atoms with Crippen LogP contribution < -0.4 is 10.3 Å². The molecule has 2 rings (SSSR count). The lowest BCUT2D eigenvalue weighted by Crippen LogP contribution is -2.32. The standard InChI is InChI=1S/C15H22N4O/c1-18(2)14-6-4-12(5-7-14)15(20)17-16-13-8-10-19(3)11-9-13/h4-7H,8-11H2,1-3H3,(H,17,20). The molecule has 1 amide bonds. The fraction of sp³-hybridized carbons (Fsp3) is 0.467. The number of piperidine rings is 1. The summed E-state index contributed by atoms with van der Waals surface area (Å²) < 4.78 is 0. The number of amides is 1. The van der Waals surface area contributed by atoms with Crippen LogP contribution in [0.3, 0.4) is 0 Å². The van der Waals surface area contributed by atoms with Crippen molar-refractivity contribution in [2.45, 2.75) is 12.8 Å². The van der Waals surface area contributed by atoms with Gasteiger partial charge in [-0.05, 0) is 31.3 Å². The predicted octanol–water partition coefficient (Wildman–Crippen LogP) is 1.56. The number of rotatable bonds is 3. The number of nitrogens with zero attached hydrogens (tertiary/aromatic N) is 3. The minimum atomic E-state index is -0.151. The highest BCUT2D eigenvalue weighted by Gasteiger charge is 2.12. The first-order valence-electron chi connectivity index (χ1n) is 6.88. The largest absolute Gasteiger partial charge is 0.378 e. The fourth-order valence-electron chi connectivity index (χ4n) is 2.09. The van der Waals surface area contributed by atoms with Gasteiger partial charge in [0.2, 0.25) is 0 Å². The van der Waals surface area contributed by atoms with Crippen molar-refractivity contribution in [3.63, 3.8) is 0 Å². The molecule has 108 valence electrons. The van der Waals surface area contributed by atoms with Crippen LogP contribution in [0.25, 0.3) is 0 Å². The van der Waals surface area contributed by atoms with Crippen LogP contribution in [0.1, 0.15) is 23.2 Å². The van der Waals surface area contributed by atoms with Crippen molar-refractivity contribution in [2.24, 2.45) is 5.10 Å². The number of carbonyl (C=O) groups excluding carboxylic acids is 1. The molecule has 0 atom stereocenters. The third-order valence-electron chi connectivity index (χ3n) is 3.53. The molecule has 0 saturated carbocycles. The Hall–Kier alpha value is -1.88. The maximum absolute atomic E-state index is 12.0. The Balaban J connectivity index is 1.93. The molecule has 0 spiro atoms. The van der Waals surface area contributed by atoms with E-state index in [2.05, 4.69) is 22.5 Å². The van der Waals surface area contributed by atoms with Crippen LogP contribution in [0.2, 0.25) is 0 Å². The van der Waals surface area contributed by atoms with E-state index in [4.69, 9.17) is 0 Å². The van der Waals surface area contributed by atoms with Crippen LogP contribution in [-0.4, -0.2) is 50.8 Å². The van der Waals surface area contributed by atoms with Crippen molar-refractivity contribution >= 4 is 17.3 Å². The second-order valence-corrected chi connectivity index (χ2v) is 5.36. The maximum atomic E-state index is 12.0. The highest BCUT2D eigenvalue weighted by molar-refractivity contribution is 5.95. The monoisotopic (exact) mass is 274 g/mol. The summed E-state index contributed by atoms with van der Waals surface area (Å²) in [7, 11) is 6.05. The summed E-state index contributed by atoms with van der Waals surface area (Å²) in [6, 6.07) is 7.49. The van der Waals surface area contributed by atoms with Gasteiger partial charge in [-0.3, -0.25) is 4.79 Å². The molecule has 1 aliphatic rings. The predicted molar refractivity (Wildman–Crippen MR) is 82.4 cm³/mol. The first-order valence-corrected chi connectivity index (χ1v) is 6.88. The molecule has 1 saturated heterocycles. The smallest absolute Gasteiger partial charge is 0.271 e. The molecule has 1 aromatic carbocycles. The number of nitrogens with one attached hydrogen (secondary N) is 1. The Morgan fingerprint density at radius 2 is 1.80 bits per heavy atom. The van der Waals surface area contributed by atoms with Crippen LogP contribution in [-0.2, 0) is 0 Å². The van der Waals surface area contributed by atoms with Crippen molar-refractivity contribution in [3.8, 4) is 0 Å². The van der Waals surface area contributed by atoms with Gasteiger partial charge in [0.25, 0.3) is 5.91 Å². The molecule has 1 N–H and O–H groups in total. The van der Waals surface area contributed by atoms with Gasteiger partial charge in [0.05, 0.1) is 0 Å². The lowest BCUT2D eigenvalue weighted by Gasteiger charge is -2.22. The van der Waals surface area contributed by atoms with E-state index < -0.39 is 0 Å². The average Bonchev–Trinajstić information content (AvgIpc) is 2.46. The zero-order chi connectivity index (χ0) is 14.5. The highest BCUT2D eigenvalue weighted by atomic mass is 16.2. The number of likely N-dealkylation sites (tertiary alicyclic amines) is 1. The third kappa shape index (κ3) is 3.81. The van der Waals surface area contributed by atoms with Crippen LogP contribution >= 0.6 is 0 Å². The number of hydrogen-bond acceptors (Lipinski definition) is 4. The molecule has 5 heteroatoms. The van der Waals surface area contributed by atoms with E-state index in [9.17, 15) is 4.79 Å². The minimum absolute atomic E-state index is 0.151. The first-order chi connectivity index (χ1) is 9.56. The summed E-state index contributed by atoms with van der Waals surface area (Å²) in [6.45, 7) is 2.01. The molecule has 0 unspecified atom stereocenters. The molecular weight excluding hydrogens is 252 g/mol. The van der Waals surface area contributed by atoms with Gasteiger partial charge in [0.1, 0.15) is 0 Å². The molecule has 1 aliphatic heterocycles. The van der Waals surface area contributed by atoms with Gasteiger partial charge in [-0.2, -0.15) is 5.10 Å². The summed E-state index contributed by atoms with van der Waals surface area (Å²) in [5, 5.41) is 4.23. The zero-order valence-corrected chi connectivity index (χ0v) is 12.4. The van der Waals surface area contributed by atoms with Gasteiger partial charge in [-0.15, -0.1) is 0 Å². The average molecular weight is 274 g/mol. The van der Waals surface area contributed by atoms with E-state index in [0.29, 0.717) is 5.56 Å². The second-order valence-electron chi connectivity index (χ2n) is 5.36. The summed E-state index contributed by atoms with van der Waals surface area (Å²) in [6.07, 6.45) is 1.85. The van der Waals surface area contributed by atoms with Crippen molar-refractivity contribution in [2.75, 3.05) is 39.1 Å². The van der Waals surface area contributed by atoms with E-state index in [1.165, 1.54) is 0 Å². The van der Waals surface area contributed by atoms with Gasteiger partial charge >= 0.3 is 0 Å². The van der Waals surface area contributed by atoms with Crippen molar-refractivity contribution in [1.82, 2.24) is 10.3 Å². The Morgan fingerprint density at radius 1 is 1.20 bits per heavy atom. The molecule has 0 aromatic heterocycles. The minimum Gasteiger partial charge on any atom is -0.378 e. The van der Waals surface area contributed by atoms with E-state index in [0.717, 1.165) is 37.3 Å². The van der Waals surface area contributed by atoms with Crippen LogP contribution in [0.5, 0.6) is 0 Å². The molecular formula is C15H22N4O. The molecule has 20 heavy (non-hydrogen) atoms. The highest BCUT2D eigenvalue weighted by Crippen LogP contribution is 2.12. The summed E-state index contributed by atoms with van der Waals surface area (Å²) in [5.41, 5.74) is 5.42. The Kier molecular flexibility index (Phi) is 4.74. The Labute approximate surface area is 120 Å². The Morgan fingerprint density at radius 3 is 2.35 bits per heavy atom. The van der Waals surface area contributed by atoms with E-state index >= 15 is 0 Å². The fourth-order valence-corrected chi connectivity index (χ4v) is 2.09. The molecule has 0 bridgehead atoms. The van der Waals surface area contributed by atoms with Crippen LogP contribution in [0.15, 0.2) is 29.4 Å². The maximum Gasteiger partial charge on any atom is 0.271 e. The van der Waals surface area contributed by atoms with Crippen LogP contribution in [0, 0.1) is 0 Å². The SMILES string of the molecule is CN1CCC(=NNC(=O)c2ccc(N(C)C)cc2)CC1. The van der Waals surface area contributed by atoms with E-state index in [-0.39, 0.29) is 5.91 Å². The third-order valence-corrected chi connectivity index (χ3v) is 3.53. The van der Waals surface area contributed by atoms with Gasteiger partial charge in [-0.25, -0.2) is 5.43 Å². The summed E-state index contributed by atoms with van der Waals surface area (Å²) >= 11 is 0. The summed E-state index contributed by atoms with van der Waals surface area (Å²) in [4.78, 5) is 16.3. The second kappa shape index (κ2) is 6.52.